The average Bonchev–Trinajstić information content (AvgIpc) is 3.65. The van der Waals surface area contributed by atoms with Gasteiger partial charge in [0.25, 0.3) is 5.91 Å². The van der Waals surface area contributed by atoms with Crippen LogP contribution in [0.2, 0.25) is 0 Å². The second kappa shape index (κ2) is 15.1. The average molecular weight is 615 g/mol. The molecule has 10 heteroatoms. The fourth-order valence-electron chi connectivity index (χ4n) is 5.42. The molecule has 1 atom stereocenters. The van der Waals surface area contributed by atoms with Crippen LogP contribution >= 0.6 is 11.3 Å². The minimum atomic E-state index is -1.25. The molecule has 0 spiro atoms. The van der Waals surface area contributed by atoms with Crippen LogP contribution in [0.25, 0.3) is 10.1 Å². The molecular weight excluding hydrogens is 576 g/mol. The predicted molar refractivity (Wildman–Crippen MR) is 172 cm³/mol. The van der Waals surface area contributed by atoms with Gasteiger partial charge in [-0.15, -0.1) is 11.3 Å². The molecule has 1 aliphatic carbocycles. The summed E-state index contributed by atoms with van der Waals surface area (Å²) in [5.74, 6) is -1.04. The van der Waals surface area contributed by atoms with Crippen LogP contribution in [0.3, 0.4) is 0 Å². The van der Waals surface area contributed by atoms with Crippen molar-refractivity contribution in [2.75, 3.05) is 39.5 Å². The number of hydrogen-bond donors (Lipinski definition) is 4. The van der Waals surface area contributed by atoms with E-state index in [1.807, 2.05) is 84.9 Å². The van der Waals surface area contributed by atoms with Gasteiger partial charge in [-0.05, 0) is 34.2 Å². The number of carbonyl (C=O) groups excluding carboxylic acids is 3. The summed E-state index contributed by atoms with van der Waals surface area (Å²) in [5.41, 5.74) is 7.06. The minimum absolute atomic E-state index is 0.274. The molecule has 9 nitrogen and oxygen atoms in total. The summed E-state index contributed by atoms with van der Waals surface area (Å²) >= 11 is 1.39. The van der Waals surface area contributed by atoms with Gasteiger partial charge in [-0.1, -0.05) is 72.8 Å². The van der Waals surface area contributed by atoms with Gasteiger partial charge < -0.3 is 31.2 Å². The highest BCUT2D eigenvalue weighted by Crippen LogP contribution is 2.32. The molecule has 5 N–H and O–H groups in total. The van der Waals surface area contributed by atoms with Gasteiger partial charge in [0.1, 0.15) is 11.6 Å². The van der Waals surface area contributed by atoms with Crippen molar-refractivity contribution in [3.05, 3.63) is 106 Å². The topological polar surface area (TPSA) is 132 Å². The molecule has 4 aromatic rings. The van der Waals surface area contributed by atoms with E-state index in [2.05, 4.69) is 16.0 Å². The first-order valence-electron chi connectivity index (χ1n) is 14.8. The zero-order valence-electron chi connectivity index (χ0n) is 24.6. The molecule has 230 valence electrons. The molecule has 3 aromatic carbocycles. The molecule has 1 heterocycles. The number of rotatable bonds is 15. The van der Waals surface area contributed by atoms with Gasteiger partial charge in [0.15, 0.2) is 0 Å². The fourth-order valence-corrected chi connectivity index (χ4v) is 6.38. The van der Waals surface area contributed by atoms with E-state index in [1.54, 1.807) is 0 Å². The first-order chi connectivity index (χ1) is 21.5. The third-order valence-corrected chi connectivity index (χ3v) is 8.74. The van der Waals surface area contributed by atoms with Crippen molar-refractivity contribution in [2.24, 2.45) is 5.73 Å². The smallest absolute Gasteiger partial charge is 0.262 e. The summed E-state index contributed by atoms with van der Waals surface area (Å²) in [4.78, 5) is 41.8. The Balaban J connectivity index is 1.31. The van der Waals surface area contributed by atoms with Crippen molar-refractivity contribution in [3.8, 4) is 0 Å². The van der Waals surface area contributed by atoms with E-state index in [0.29, 0.717) is 57.1 Å². The molecular formula is C34H38N4O5S. The van der Waals surface area contributed by atoms with E-state index in [1.165, 1.54) is 11.3 Å². The van der Waals surface area contributed by atoms with Crippen molar-refractivity contribution < 1.29 is 23.9 Å². The first-order valence-corrected chi connectivity index (χ1v) is 15.6. The van der Waals surface area contributed by atoms with Gasteiger partial charge in [0.05, 0.1) is 31.3 Å². The quantitative estimate of drug-likeness (QED) is 0.152. The SMILES string of the molecule is NCCOCCOCCNC(=O)[C@H](Cc1ccccc1)NC(=O)C1(NC(=O)c2cc3ccccc3s2)Cc2ccccc2C1. The lowest BCUT2D eigenvalue weighted by Gasteiger charge is -2.31. The second-order valence-electron chi connectivity index (χ2n) is 10.8. The highest BCUT2D eigenvalue weighted by atomic mass is 32.1. The van der Waals surface area contributed by atoms with Crippen LogP contribution in [0, 0.1) is 0 Å². The Morgan fingerprint density at radius 2 is 1.50 bits per heavy atom. The molecule has 0 fully saturated rings. The Labute approximate surface area is 261 Å². The molecule has 0 saturated heterocycles. The van der Waals surface area contributed by atoms with Crippen molar-refractivity contribution >= 4 is 39.1 Å². The molecule has 0 radical (unpaired) electrons. The van der Waals surface area contributed by atoms with Crippen LogP contribution in [0.1, 0.15) is 26.4 Å². The number of hydrogen-bond acceptors (Lipinski definition) is 7. The Bertz CT molecular complexity index is 1520. The van der Waals surface area contributed by atoms with Crippen LogP contribution in [-0.4, -0.2) is 68.8 Å². The number of nitrogens with two attached hydrogens (primary N) is 1. The van der Waals surface area contributed by atoms with Crippen LogP contribution in [0.15, 0.2) is 84.9 Å². The van der Waals surface area contributed by atoms with E-state index < -0.39 is 17.5 Å². The van der Waals surface area contributed by atoms with E-state index >= 15 is 0 Å². The number of ether oxygens (including phenoxy) is 2. The number of nitrogens with one attached hydrogen (secondary N) is 3. The van der Waals surface area contributed by atoms with Crippen molar-refractivity contribution in [2.45, 2.75) is 30.8 Å². The maximum atomic E-state index is 14.2. The number of amides is 3. The number of fused-ring (bicyclic) bond motifs is 2. The van der Waals surface area contributed by atoms with Gasteiger partial charge in [0.2, 0.25) is 11.8 Å². The zero-order chi connectivity index (χ0) is 30.8. The van der Waals surface area contributed by atoms with E-state index in [0.717, 1.165) is 26.8 Å². The molecule has 44 heavy (non-hydrogen) atoms. The van der Waals surface area contributed by atoms with E-state index in [9.17, 15) is 14.4 Å². The third kappa shape index (κ3) is 7.89. The maximum absolute atomic E-state index is 14.2. The minimum Gasteiger partial charge on any atom is -0.378 e. The van der Waals surface area contributed by atoms with Gasteiger partial charge in [-0.25, -0.2) is 0 Å². The molecule has 0 bridgehead atoms. The van der Waals surface area contributed by atoms with Crippen LogP contribution in [-0.2, 0) is 38.3 Å². The summed E-state index contributed by atoms with van der Waals surface area (Å²) in [6.07, 6.45) is 0.941. The second-order valence-corrected chi connectivity index (χ2v) is 11.9. The van der Waals surface area contributed by atoms with Gasteiger partial charge in [-0.3, -0.25) is 14.4 Å². The van der Waals surface area contributed by atoms with Crippen molar-refractivity contribution in [3.63, 3.8) is 0 Å². The fraction of sp³-hybridized carbons (Fsp3) is 0.324. The normalized spacial score (nSPS) is 14.1. The highest BCUT2D eigenvalue weighted by Gasteiger charge is 2.46. The van der Waals surface area contributed by atoms with Gasteiger partial charge >= 0.3 is 0 Å². The molecule has 0 aliphatic heterocycles. The lowest BCUT2D eigenvalue weighted by atomic mass is 9.92. The largest absolute Gasteiger partial charge is 0.378 e. The Hall–Kier alpha value is -4.09. The standard InChI is InChI=1S/C34H38N4O5S/c35-14-16-42-18-19-43-17-15-36-31(39)28(20-24-8-2-1-3-9-24)37-33(41)34(22-26-11-4-5-12-27(26)23-34)38-32(40)30-21-25-10-6-7-13-29(25)44-30/h1-13,21,28H,14-20,22-23,35H2,(H,36,39)(H,37,41)(H,38,40)/t28-/m0/s1. The Kier molecular flexibility index (Phi) is 10.7. The third-order valence-electron chi connectivity index (χ3n) is 7.62. The van der Waals surface area contributed by atoms with E-state index in [4.69, 9.17) is 15.2 Å². The Morgan fingerprint density at radius 3 is 2.20 bits per heavy atom. The summed E-state index contributed by atoms with van der Waals surface area (Å²) in [6.45, 7) is 2.31. The number of benzene rings is 3. The molecule has 0 saturated carbocycles. The van der Waals surface area contributed by atoms with Gasteiger partial charge in [-0.2, -0.15) is 0 Å². The summed E-state index contributed by atoms with van der Waals surface area (Å²) in [6, 6.07) is 26.1. The predicted octanol–water partition coefficient (Wildman–Crippen LogP) is 3.00. The molecule has 1 aromatic heterocycles. The van der Waals surface area contributed by atoms with Crippen LogP contribution in [0.5, 0.6) is 0 Å². The number of thiophene rings is 1. The molecule has 0 unspecified atom stereocenters. The van der Waals surface area contributed by atoms with Crippen molar-refractivity contribution in [1.82, 2.24) is 16.0 Å². The van der Waals surface area contributed by atoms with Gasteiger partial charge in [0, 0.05) is 37.1 Å². The maximum Gasteiger partial charge on any atom is 0.262 e. The lowest BCUT2D eigenvalue weighted by molar-refractivity contribution is -0.132. The summed E-state index contributed by atoms with van der Waals surface area (Å²) < 4.78 is 11.8. The van der Waals surface area contributed by atoms with Crippen molar-refractivity contribution in [1.29, 1.82) is 0 Å². The van der Waals surface area contributed by atoms with E-state index in [-0.39, 0.29) is 18.4 Å². The highest BCUT2D eigenvalue weighted by molar-refractivity contribution is 7.20. The monoisotopic (exact) mass is 614 g/mol. The zero-order valence-corrected chi connectivity index (χ0v) is 25.4. The van der Waals surface area contributed by atoms with Crippen LogP contribution < -0.4 is 21.7 Å². The Morgan fingerprint density at radius 1 is 0.841 bits per heavy atom. The number of carbonyl (C=O) groups is 3. The van der Waals surface area contributed by atoms with Crippen LogP contribution in [0.4, 0.5) is 0 Å². The molecule has 5 rings (SSSR count). The lowest BCUT2D eigenvalue weighted by Crippen LogP contribution is -2.63. The first kappa shape index (κ1) is 31.3. The summed E-state index contributed by atoms with van der Waals surface area (Å²) in [7, 11) is 0. The summed E-state index contributed by atoms with van der Waals surface area (Å²) in [5, 5.41) is 9.96. The molecule has 1 aliphatic rings. The molecule has 3 amide bonds.